The Hall–Kier alpha value is -2.80. The normalized spacial score (nSPS) is 12.8. The van der Waals surface area contributed by atoms with Crippen molar-refractivity contribution in [3.8, 4) is 17.2 Å². The fourth-order valence-electron chi connectivity index (χ4n) is 4.90. The number of nitrogens with one attached hydrogen (secondary N) is 1. The zero-order valence-corrected chi connectivity index (χ0v) is 26.2. The molecule has 1 heterocycles. The van der Waals surface area contributed by atoms with Gasteiger partial charge in [0, 0.05) is 24.0 Å². The van der Waals surface area contributed by atoms with Gasteiger partial charge in [0.1, 0.15) is 5.75 Å². The van der Waals surface area contributed by atoms with Crippen molar-refractivity contribution >= 4 is 23.4 Å². The molecule has 0 atom stereocenters. The second kappa shape index (κ2) is 19.3. The molecule has 226 valence electrons. The lowest BCUT2D eigenvalue weighted by Crippen LogP contribution is -2.22. The van der Waals surface area contributed by atoms with Gasteiger partial charge in [0.15, 0.2) is 18.1 Å². The number of amides is 1. The Balaban J connectivity index is 1.32. The van der Waals surface area contributed by atoms with Crippen molar-refractivity contribution in [3.05, 3.63) is 59.1 Å². The smallest absolute Gasteiger partial charge is 0.262 e. The number of carbonyl (C=O) groups excluding carboxylic acids is 1. The highest BCUT2D eigenvalue weighted by Gasteiger charge is 2.15. The molecule has 0 aromatic heterocycles. The molecule has 41 heavy (non-hydrogen) atoms. The van der Waals surface area contributed by atoms with E-state index >= 15 is 0 Å². The van der Waals surface area contributed by atoms with Crippen LogP contribution in [0.5, 0.6) is 17.2 Å². The fourth-order valence-corrected chi connectivity index (χ4v) is 5.84. The lowest BCUT2D eigenvalue weighted by molar-refractivity contribution is -0.118. The average molecular weight is 583 g/mol. The van der Waals surface area contributed by atoms with Crippen LogP contribution in [-0.2, 0) is 11.3 Å². The zero-order valence-electron chi connectivity index (χ0n) is 25.4. The van der Waals surface area contributed by atoms with Gasteiger partial charge in [0.2, 0.25) is 0 Å². The van der Waals surface area contributed by atoms with Crippen molar-refractivity contribution < 1.29 is 19.0 Å². The molecule has 0 saturated heterocycles. The van der Waals surface area contributed by atoms with E-state index in [9.17, 15) is 4.79 Å². The van der Waals surface area contributed by atoms with Gasteiger partial charge in [-0.3, -0.25) is 4.79 Å². The molecule has 2 aromatic carbocycles. The number of thioether (sulfide) groups is 1. The Bertz CT molecular complexity index is 1070. The molecular weight excluding hydrogens is 532 g/mol. The number of hydrogen-bond donors (Lipinski definition) is 1. The molecular formula is C34H50N2O4S. The van der Waals surface area contributed by atoms with Gasteiger partial charge >= 0.3 is 0 Å². The predicted molar refractivity (Wildman–Crippen MR) is 172 cm³/mol. The minimum atomic E-state index is -0.202. The van der Waals surface area contributed by atoms with E-state index in [0.29, 0.717) is 23.9 Å². The quantitative estimate of drug-likeness (QED) is 0.148. The van der Waals surface area contributed by atoms with E-state index < -0.39 is 0 Å². The molecule has 1 aliphatic heterocycles. The first kappa shape index (κ1) is 32.7. The van der Waals surface area contributed by atoms with Gasteiger partial charge in [-0.1, -0.05) is 95.8 Å². The summed E-state index contributed by atoms with van der Waals surface area (Å²) in [7, 11) is 1.62. The van der Waals surface area contributed by atoms with Crippen molar-refractivity contribution in [2.24, 2.45) is 0 Å². The van der Waals surface area contributed by atoms with Gasteiger partial charge in [0.05, 0.1) is 19.6 Å². The maximum atomic E-state index is 12.7. The molecule has 3 rings (SSSR count). The van der Waals surface area contributed by atoms with E-state index in [1.807, 2.05) is 36.4 Å². The standard InChI is InChI=1S/C34H50N2O4S/c1-4-5-6-7-8-9-10-11-12-13-14-17-22-39-32-21-20-30(23-33(32)38-3)40-25-34(37)35-31-19-16-15-18-29(31)24-36-27-41-26-28(36)2/h15-16,18-21,23,26H,4-14,17,22,24-25,27H2,1-3H3,(H,35,37). The van der Waals surface area contributed by atoms with Crippen LogP contribution in [0, 0.1) is 0 Å². The molecule has 0 spiro atoms. The molecule has 7 heteroatoms. The molecule has 1 amide bonds. The first-order valence-electron chi connectivity index (χ1n) is 15.5. The number of hydrogen-bond acceptors (Lipinski definition) is 6. The number of ether oxygens (including phenoxy) is 3. The molecule has 0 saturated carbocycles. The number of rotatable bonds is 21. The molecule has 0 bridgehead atoms. The largest absolute Gasteiger partial charge is 0.493 e. The summed E-state index contributed by atoms with van der Waals surface area (Å²) in [5, 5.41) is 5.17. The number of anilines is 1. The number of nitrogens with zero attached hydrogens (tertiary/aromatic N) is 1. The van der Waals surface area contributed by atoms with Crippen molar-refractivity contribution in [1.82, 2.24) is 4.90 Å². The Morgan fingerprint density at radius 2 is 1.56 bits per heavy atom. The summed E-state index contributed by atoms with van der Waals surface area (Å²) in [5.74, 6) is 2.60. The van der Waals surface area contributed by atoms with Crippen LogP contribution >= 0.6 is 11.8 Å². The third-order valence-corrected chi connectivity index (χ3v) is 8.36. The van der Waals surface area contributed by atoms with Gasteiger partial charge in [0.25, 0.3) is 5.91 Å². The summed E-state index contributed by atoms with van der Waals surface area (Å²) in [4.78, 5) is 15.0. The third kappa shape index (κ3) is 12.3. The van der Waals surface area contributed by atoms with Crippen molar-refractivity contribution in [1.29, 1.82) is 0 Å². The highest BCUT2D eigenvalue weighted by Crippen LogP contribution is 2.32. The molecule has 0 unspecified atom stereocenters. The summed E-state index contributed by atoms with van der Waals surface area (Å²) in [5.41, 5.74) is 3.13. The number of methoxy groups -OCH3 is 1. The molecule has 0 aliphatic carbocycles. The molecule has 0 radical (unpaired) electrons. The predicted octanol–water partition coefficient (Wildman–Crippen LogP) is 9.16. The van der Waals surface area contributed by atoms with Crippen LogP contribution in [0.15, 0.2) is 53.6 Å². The van der Waals surface area contributed by atoms with E-state index in [1.54, 1.807) is 24.9 Å². The Labute approximate surface area is 252 Å². The van der Waals surface area contributed by atoms with Gasteiger partial charge in [-0.2, -0.15) is 0 Å². The van der Waals surface area contributed by atoms with E-state index in [4.69, 9.17) is 14.2 Å². The second-order valence-corrected chi connectivity index (χ2v) is 11.6. The summed E-state index contributed by atoms with van der Waals surface area (Å²) >= 11 is 1.79. The third-order valence-electron chi connectivity index (χ3n) is 7.40. The summed E-state index contributed by atoms with van der Waals surface area (Å²) in [6.07, 6.45) is 15.8. The fraction of sp³-hybridized carbons (Fsp3) is 0.559. The van der Waals surface area contributed by atoms with Crippen LogP contribution < -0.4 is 19.5 Å². The van der Waals surface area contributed by atoms with Crippen molar-refractivity contribution in [2.75, 3.05) is 31.5 Å². The minimum absolute atomic E-state index is 0.0882. The number of carbonyl (C=O) groups is 1. The van der Waals surface area contributed by atoms with Gasteiger partial charge in [-0.15, -0.1) is 11.8 Å². The van der Waals surface area contributed by atoms with Crippen LogP contribution in [0.2, 0.25) is 0 Å². The lowest BCUT2D eigenvalue weighted by Gasteiger charge is -2.21. The maximum absolute atomic E-state index is 12.7. The summed E-state index contributed by atoms with van der Waals surface area (Å²) in [6.45, 7) is 5.72. The van der Waals surface area contributed by atoms with Crippen molar-refractivity contribution in [3.63, 3.8) is 0 Å². The van der Waals surface area contributed by atoms with Crippen LogP contribution in [0.3, 0.4) is 0 Å². The van der Waals surface area contributed by atoms with E-state index in [2.05, 4.69) is 29.5 Å². The van der Waals surface area contributed by atoms with Gasteiger partial charge in [-0.25, -0.2) is 0 Å². The minimum Gasteiger partial charge on any atom is -0.493 e. The SMILES string of the molecule is CCCCCCCCCCCCCCOc1ccc(OCC(=O)Nc2ccccc2CN2CSC=C2C)cc1OC. The van der Waals surface area contributed by atoms with E-state index in [0.717, 1.165) is 30.1 Å². The Morgan fingerprint density at radius 1 is 0.878 bits per heavy atom. The first-order valence-corrected chi connectivity index (χ1v) is 16.5. The average Bonchev–Trinajstić information content (AvgIpc) is 3.39. The molecule has 0 fully saturated rings. The van der Waals surface area contributed by atoms with Crippen molar-refractivity contribution in [2.45, 2.75) is 97.4 Å². The Morgan fingerprint density at radius 3 is 2.22 bits per heavy atom. The summed E-state index contributed by atoms with van der Waals surface area (Å²) in [6, 6.07) is 13.4. The van der Waals surface area contributed by atoms with E-state index in [-0.39, 0.29) is 12.5 Å². The van der Waals surface area contributed by atoms with Crippen LogP contribution in [0.4, 0.5) is 5.69 Å². The van der Waals surface area contributed by atoms with Crippen LogP contribution in [0.25, 0.3) is 0 Å². The molecule has 1 aliphatic rings. The first-order chi connectivity index (χ1) is 20.1. The maximum Gasteiger partial charge on any atom is 0.262 e. The molecule has 2 aromatic rings. The zero-order chi connectivity index (χ0) is 29.1. The van der Waals surface area contributed by atoms with Gasteiger partial charge < -0.3 is 24.4 Å². The number of para-hydroxylation sites is 1. The lowest BCUT2D eigenvalue weighted by atomic mass is 10.1. The van der Waals surface area contributed by atoms with Crippen LogP contribution in [0.1, 0.15) is 96.5 Å². The second-order valence-electron chi connectivity index (χ2n) is 10.8. The van der Waals surface area contributed by atoms with Gasteiger partial charge in [-0.05, 0) is 42.5 Å². The monoisotopic (exact) mass is 582 g/mol. The molecule has 6 nitrogen and oxygen atoms in total. The topological polar surface area (TPSA) is 60.0 Å². The Kier molecular flexibility index (Phi) is 15.4. The highest BCUT2D eigenvalue weighted by atomic mass is 32.2. The number of benzene rings is 2. The molecule has 1 N–H and O–H groups in total. The summed E-state index contributed by atoms with van der Waals surface area (Å²) < 4.78 is 17.3. The van der Waals surface area contributed by atoms with E-state index in [1.165, 1.54) is 76.3 Å². The number of unbranched alkanes of at least 4 members (excludes halogenated alkanes) is 11. The highest BCUT2D eigenvalue weighted by molar-refractivity contribution is 8.02. The number of allylic oxidation sites excluding steroid dienone is 1. The van der Waals surface area contributed by atoms with Crippen LogP contribution in [-0.4, -0.2) is 37.0 Å².